The molecule has 35 heavy (non-hydrogen) atoms. The van der Waals surface area contributed by atoms with E-state index in [0.29, 0.717) is 17.8 Å². The summed E-state index contributed by atoms with van der Waals surface area (Å²) < 4.78 is 1.86. The number of pyridine rings is 1. The fourth-order valence-corrected chi connectivity index (χ4v) is 5.17. The molecule has 1 fully saturated rings. The van der Waals surface area contributed by atoms with Crippen molar-refractivity contribution in [3.63, 3.8) is 0 Å². The van der Waals surface area contributed by atoms with Gasteiger partial charge in [-0.25, -0.2) is 9.67 Å². The Hall–Kier alpha value is -3.52. The molecule has 7 nitrogen and oxygen atoms in total. The van der Waals surface area contributed by atoms with Gasteiger partial charge in [0, 0.05) is 39.5 Å². The predicted molar refractivity (Wildman–Crippen MR) is 140 cm³/mol. The Bertz CT molecular complexity index is 1430. The number of anilines is 1. The summed E-state index contributed by atoms with van der Waals surface area (Å²) in [5, 5.41) is 11.3. The van der Waals surface area contributed by atoms with Crippen LogP contribution in [0.2, 0.25) is 0 Å². The lowest BCUT2D eigenvalue weighted by molar-refractivity contribution is -0.117. The van der Waals surface area contributed by atoms with Gasteiger partial charge in [0.15, 0.2) is 5.65 Å². The van der Waals surface area contributed by atoms with Crippen molar-refractivity contribution >= 4 is 39.9 Å². The number of amides is 2. The van der Waals surface area contributed by atoms with Crippen molar-refractivity contribution in [1.82, 2.24) is 20.1 Å². The van der Waals surface area contributed by atoms with Crippen LogP contribution in [0, 0.1) is 19.8 Å². The minimum atomic E-state index is -0.182. The lowest BCUT2D eigenvalue weighted by atomic mass is 10.1. The van der Waals surface area contributed by atoms with Crippen LogP contribution in [0.3, 0.4) is 0 Å². The minimum Gasteiger partial charge on any atom is -0.348 e. The molecule has 1 aliphatic carbocycles. The number of aryl methyl sites for hydroxylation is 2. The van der Waals surface area contributed by atoms with Crippen molar-refractivity contribution < 1.29 is 9.59 Å². The maximum atomic E-state index is 13.4. The first-order valence-corrected chi connectivity index (χ1v) is 12.8. The zero-order valence-corrected chi connectivity index (χ0v) is 21.2. The van der Waals surface area contributed by atoms with Crippen molar-refractivity contribution in [1.29, 1.82) is 0 Å². The third kappa shape index (κ3) is 4.84. The van der Waals surface area contributed by atoms with Crippen molar-refractivity contribution in [2.75, 3.05) is 5.32 Å². The van der Waals surface area contributed by atoms with Crippen LogP contribution >= 0.6 is 11.3 Å². The number of nitrogens with zero attached hydrogens (tertiary/aromatic N) is 3. The Morgan fingerprint density at radius 2 is 1.97 bits per heavy atom. The van der Waals surface area contributed by atoms with Gasteiger partial charge in [-0.2, -0.15) is 5.10 Å². The molecule has 1 aromatic carbocycles. The average molecular weight is 488 g/mol. The van der Waals surface area contributed by atoms with Crippen LogP contribution in [0.4, 0.5) is 5.69 Å². The maximum Gasteiger partial charge on any atom is 0.252 e. The molecule has 4 aromatic rings. The lowest BCUT2D eigenvalue weighted by Crippen LogP contribution is -2.23. The van der Waals surface area contributed by atoms with Gasteiger partial charge in [-0.05, 0) is 70.4 Å². The third-order valence-corrected chi connectivity index (χ3v) is 7.18. The first-order chi connectivity index (χ1) is 16.8. The molecule has 1 saturated carbocycles. The number of hydrogen-bond donors (Lipinski definition) is 2. The van der Waals surface area contributed by atoms with Crippen LogP contribution in [0.1, 0.15) is 58.4 Å². The van der Waals surface area contributed by atoms with Gasteiger partial charge in [0.2, 0.25) is 5.91 Å². The first kappa shape index (κ1) is 23.2. The molecule has 8 heteroatoms. The second kappa shape index (κ2) is 9.26. The normalized spacial score (nSPS) is 13.4. The second-order valence-electron chi connectivity index (χ2n) is 9.45. The summed E-state index contributed by atoms with van der Waals surface area (Å²) in [7, 11) is 0. The molecule has 0 bridgehead atoms. The smallest absolute Gasteiger partial charge is 0.252 e. The maximum absolute atomic E-state index is 13.4. The Morgan fingerprint density at radius 3 is 2.66 bits per heavy atom. The molecule has 0 aliphatic heterocycles. The van der Waals surface area contributed by atoms with Crippen molar-refractivity contribution in [2.45, 2.75) is 53.1 Å². The van der Waals surface area contributed by atoms with Gasteiger partial charge in [0.05, 0.1) is 22.8 Å². The molecule has 180 valence electrons. The molecule has 3 aromatic heterocycles. The van der Waals surface area contributed by atoms with E-state index in [2.05, 4.69) is 49.5 Å². The van der Waals surface area contributed by atoms with E-state index in [1.807, 2.05) is 35.0 Å². The quantitative estimate of drug-likeness (QED) is 0.353. The topological polar surface area (TPSA) is 88.9 Å². The van der Waals surface area contributed by atoms with E-state index in [1.165, 1.54) is 9.75 Å². The zero-order valence-electron chi connectivity index (χ0n) is 20.4. The number of carbonyl (C=O) groups is 2. The van der Waals surface area contributed by atoms with E-state index >= 15 is 0 Å². The number of thiophene rings is 1. The van der Waals surface area contributed by atoms with Gasteiger partial charge in [-0.1, -0.05) is 12.1 Å². The fourth-order valence-electron chi connectivity index (χ4n) is 4.23. The Balaban J connectivity index is 1.43. The lowest BCUT2D eigenvalue weighted by Gasteiger charge is -2.12. The third-order valence-electron chi connectivity index (χ3n) is 6.21. The summed E-state index contributed by atoms with van der Waals surface area (Å²) in [5.74, 6) is 0.0297. The van der Waals surface area contributed by atoms with Crippen LogP contribution < -0.4 is 10.6 Å². The van der Waals surface area contributed by atoms with Crippen LogP contribution in [0.15, 0.2) is 42.6 Å². The molecule has 5 rings (SSSR count). The summed E-state index contributed by atoms with van der Waals surface area (Å²) in [6.45, 7) is 8.60. The molecular formula is C27H29N5O2S. The number of hydrogen-bond acceptors (Lipinski definition) is 5. The molecule has 0 saturated heterocycles. The molecule has 0 unspecified atom stereocenters. The number of aromatic nitrogens is 3. The number of benzene rings is 1. The van der Waals surface area contributed by atoms with E-state index in [4.69, 9.17) is 4.98 Å². The molecular weight excluding hydrogens is 458 g/mol. The van der Waals surface area contributed by atoms with E-state index in [1.54, 1.807) is 17.5 Å². The molecule has 1 aliphatic rings. The number of nitrogens with one attached hydrogen (secondary N) is 2. The number of rotatable bonds is 7. The minimum absolute atomic E-state index is 0.0685. The number of fused-ring (bicyclic) bond motifs is 1. The highest BCUT2D eigenvalue weighted by Gasteiger charge is 2.29. The van der Waals surface area contributed by atoms with Crippen molar-refractivity contribution in [2.24, 2.45) is 5.92 Å². The average Bonchev–Trinajstić information content (AvgIpc) is 3.50. The Morgan fingerprint density at radius 1 is 1.17 bits per heavy atom. The van der Waals surface area contributed by atoms with Crippen LogP contribution in [-0.2, 0) is 11.3 Å². The van der Waals surface area contributed by atoms with E-state index in [0.717, 1.165) is 40.7 Å². The van der Waals surface area contributed by atoms with E-state index in [9.17, 15) is 9.59 Å². The molecule has 3 heterocycles. The van der Waals surface area contributed by atoms with E-state index in [-0.39, 0.29) is 23.8 Å². The van der Waals surface area contributed by atoms with Gasteiger partial charge in [0.1, 0.15) is 0 Å². The molecule has 0 radical (unpaired) electrons. The standard InChI is InChI=1S/C27H29N5O2S/c1-15(2)32-25-23(14-29-32)22(12-24(31-25)21-10-16(3)35-17(21)4)27(34)28-13-18-6-5-7-20(11-18)30-26(33)19-8-9-19/h5-7,10-12,14-15,19H,8-9,13H2,1-4H3,(H,28,34)(H,30,33). The van der Waals surface area contributed by atoms with Gasteiger partial charge >= 0.3 is 0 Å². The van der Waals surface area contributed by atoms with Crippen LogP contribution in [0.5, 0.6) is 0 Å². The summed E-state index contributed by atoms with van der Waals surface area (Å²) in [6.07, 6.45) is 3.64. The predicted octanol–water partition coefficient (Wildman–Crippen LogP) is 5.64. The highest BCUT2D eigenvalue weighted by atomic mass is 32.1. The largest absolute Gasteiger partial charge is 0.348 e. The molecule has 2 amide bonds. The summed E-state index contributed by atoms with van der Waals surface area (Å²) in [5.41, 5.74) is 4.74. The zero-order chi connectivity index (χ0) is 24.7. The summed E-state index contributed by atoms with van der Waals surface area (Å²) >= 11 is 1.72. The monoisotopic (exact) mass is 487 g/mol. The fraction of sp³-hybridized carbons (Fsp3) is 0.333. The van der Waals surface area contributed by atoms with E-state index < -0.39 is 0 Å². The molecule has 2 N–H and O–H groups in total. The van der Waals surface area contributed by atoms with Gasteiger partial charge in [-0.3, -0.25) is 9.59 Å². The molecule has 0 spiro atoms. The number of carbonyl (C=O) groups excluding carboxylic acids is 2. The molecule has 0 atom stereocenters. The Kier molecular flexibility index (Phi) is 6.15. The Labute approximate surface area is 208 Å². The van der Waals surface area contributed by atoms with Crippen molar-refractivity contribution in [3.8, 4) is 11.3 Å². The van der Waals surface area contributed by atoms with Crippen LogP contribution in [0.25, 0.3) is 22.3 Å². The highest BCUT2D eigenvalue weighted by Crippen LogP contribution is 2.33. The SMILES string of the molecule is Cc1cc(-c2cc(C(=O)NCc3cccc(NC(=O)C4CC4)c3)c3cnn(C(C)C)c3n2)c(C)s1. The highest BCUT2D eigenvalue weighted by molar-refractivity contribution is 7.12. The van der Waals surface area contributed by atoms with Gasteiger partial charge < -0.3 is 10.6 Å². The summed E-state index contributed by atoms with van der Waals surface area (Å²) in [6, 6.07) is 11.7. The summed E-state index contributed by atoms with van der Waals surface area (Å²) in [4.78, 5) is 32.8. The second-order valence-corrected chi connectivity index (χ2v) is 10.9. The van der Waals surface area contributed by atoms with Crippen molar-refractivity contribution in [3.05, 3.63) is 63.5 Å². The van der Waals surface area contributed by atoms with Gasteiger partial charge in [-0.15, -0.1) is 11.3 Å². The van der Waals surface area contributed by atoms with Crippen LogP contribution in [-0.4, -0.2) is 26.6 Å². The first-order valence-electron chi connectivity index (χ1n) is 11.9. The van der Waals surface area contributed by atoms with Gasteiger partial charge in [0.25, 0.3) is 5.91 Å².